The number of rotatable bonds is 4. The molecule has 0 saturated carbocycles. The topological polar surface area (TPSA) is 83.9 Å². The lowest BCUT2D eigenvalue weighted by molar-refractivity contribution is -0.141. The fourth-order valence-electron chi connectivity index (χ4n) is 2.88. The smallest absolute Gasteiger partial charge is 0.338 e. The molecule has 1 aliphatic heterocycles. The zero-order valence-corrected chi connectivity index (χ0v) is 13.4. The van der Waals surface area contributed by atoms with E-state index in [0.29, 0.717) is 11.1 Å². The van der Waals surface area contributed by atoms with Gasteiger partial charge in [0.1, 0.15) is 12.1 Å². The molecular weight excluding hydrogens is 322 g/mol. The summed E-state index contributed by atoms with van der Waals surface area (Å²) in [6.07, 6.45) is -0.576. The number of aliphatic carboxylic acids is 1. The maximum absolute atomic E-state index is 12.6. The van der Waals surface area contributed by atoms with Crippen molar-refractivity contribution in [3.05, 3.63) is 71.8 Å². The third-order valence-electron chi connectivity index (χ3n) is 4.11. The first kappa shape index (κ1) is 16.7. The summed E-state index contributed by atoms with van der Waals surface area (Å²) in [6.45, 7) is 0.0588. The summed E-state index contributed by atoms with van der Waals surface area (Å²) >= 11 is 0. The van der Waals surface area contributed by atoms with Crippen molar-refractivity contribution >= 4 is 17.8 Å². The van der Waals surface area contributed by atoms with E-state index in [4.69, 9.17) is 4.74 Å². The maximum atomic E-state index is 12.6. The molecule has 2 aromatic rings. The van der Waals surface area contributed by atoms with Gasteiger partial charge in [-0.05, 0) is 24.3 Å². The SMILES string of the molecule is O=C(OC1CC(C(=O)O)N(C(=O)c2ccccc2)C1)c1ccccc1. The van der Waals surface area contributed by atoms with Crippen LogP contribution in [0.15, 0.2) is 60.7 Å². The van der Waals surface area contributed by atoms with Gasteiger partial charge in [0.15, 0.2) is 0 Å². The number of hydrogen-bond donors (Lipinski definition) is 1. The lowest BCUT2D eigenvalue weighted by Gasteiger charge is -2.21. The molecule has 1 aliphatic rings. The monoisotopic (exact) mass is 339 g/mol. The minimum atomic E-state index is -1.11. The normalized spacial score (nSPS) is 19.4. The van der Waals surface area contributed by atoms with Crippen molar-refractivity contribution in [1.82, 2.24) is 4.90 Å². The van der Waals surface area contributed by atoms with Gasteiger partial charge in [-0.2, -0.15) is 0 Å². The van der Waals surface area contributed by atoms with E-state index in [1.165, 1.54) is 4.90 Å². The maximum Gasteiger partial charge on any atom is 0.338 e. The lowest BCUT2D eigenvalue weighted by atomic mass is 10.1. The third-order valence-corrected chi connectivity index (χ3v) is 4.11. The van der Waals surface area contributed by atoms with Crippen LogP contribution in [0.5, 0.6) is 0 Å². The highest BCUT2D eigenvalue weighted by Gasteiger charge is 2.41. The second-order valence-electron chi connectivity index (χ2n) is 5.81. The van der Waals surface area contributed by atoms with Crippen LogP contribution < -0.4 is 0 Å². The molecule has 128 valence electrons. The summed E-state index contributed by atoms with van der Waals surface area (Å²) in [5, 5.41) is 9.41. The first-order chi connectivity index (χ1) is 12.1. The van der Waals surface area contributed by atoms with Crippen LogP contribution in [0.25, 0.3) is 0 Å². The highest BCUT2D eigenvalue weighted by molar-refractivity contribution is 5.97. The Hall–Kier alpha value is -3.15. The van der Waals surface area contributed by atoms with Crippen LogP contribution in [0.2, 0.25) is 0 Å². The molecule has 1 amide bonds. The molecule has 1 N–H and O–H groups in total. The molecule has 2 aromatic carbocycles. The Balaban J connectivity index is 1.73. The van der Waals surface area contributed by atoms with E-state index in [0.717, 1.165) is 0 Å². The molecule has 0 spiro atoms. The van der Waals surface area contributed by atoms with E-state index in [9.17, 15) is 19.5 Å². The lowest BCUT2D eigenvalue weighted by Crippen LogP contribution is -2.40. The van der Waals surface area contributed by atoms with Gasteiger partial charge in [-0.15, -0.1) is 0 Å². The highest BCUT2D eigenvalue weighted by atomic mass is 16.5. The first-order valence-electron chi connectivity index (χ1n) is 7.91. The Kier molecular flexibility index (Phi) is 4.79. The summed E-state index contributed by atoms with van der Waals surface area (Å²) in [7, 11) is 0. The Morgan fingerprint density at radius 3 is 2.04 bits per heavy atom. The molecule has 2 unspecified atom stereocenters. The number of carbonyl (C=O) groups excluding carboxylic acids is 2. The number of likely N-dealkylation sites (tertiary alicyclic amines) is 1. The first-order valence-corrected chi connectivity index (χ1v) is 7.91. The average molecular weight is 339 g/mol. The van der Waals surface area contributed by atoms with E-state index in [1.54, 1.807) is 60.7 Å². The molecular formula is C19H17NO5. The minimum absolute atomic E-state index is 0.0588. The predicted molar refractivity (Wildman–Crippen MR) is 89.2 cm³/mol. The van der Waals surface area contributed by atoms with Crippen molar-refractivity contribution in [2.24, 2.45) is 0 Å². The van der Waals surface area contributed by atoms with Crippen LogP contribution >= 0.6 is 0 Å². The van der Waals surface area contributed by atoms with Gasteiger partial charge in [0.05, 0.1) is 12.1 Å². The number of carboxylic acid groups (broad SMARTS) is 1. The second kappa shape index (κ2) is 7.17. The highest BCUT2D eigenvalue weighted by Crippen LogP contribution is 2.24. The van der Waals surface area contributed by atoms with Gasteiger partial charge >= 0.3 is 11.9 Å². The van der Waals surface area contributed by atoms with Gasteiger partial charge in [0, 0.05) is 12.0 Å². The largest absolute Gasteiger partial charge is 0.480 e. The summed E-state index contributed by atoms with van der Waals surface area (Å²) in [5.74, 6) is -2.02. The average Bonchev–Trinajstić information content (AvgIpc) is 3.06. The Morgan fingerprint density at radius 1 is 0.920 bits per heavy atom. The third kappa shape index (κ3) is 3.68. The van der Waals surface area contributed by atoms with Crippen molar-refractivity contribution in [3.8, 4) is 0 Å². The predicted octanol–water partition coefficient (Wildman–Crippen LogP) is 2.21. The molecule has 0 radical (unpaired) electrons. The number of ether oxygens (including phenoxy) is 1. The number of amides is 1. The minimum Gasteiger partial charge on any atom is -0.480 e. The standard InChI is InChI=1S/C19H17NO5/c21-17(13-7-3-1-4-8-13)20-12-15(11-16(20)18(22)23)25-19(24)14-9-5-2-6-10-14/h1-10,15-16H,11-12H2,(H,22,23). The summed E-state index contributed by atoms with van der Waals surface area (Å²) in [4.78, 5) is 37.5. The van der Waals surface area contributed by atoms with Crippen LogP contribution in [0.3, 0.4) is 0 Å². The zero-order chi connectivity index (χ0) is 17.8. The second-order valence-corrected chi connectivity index (χ2v) is 5.81. The molecule has 3 rings (SSSR count). The van der Waals surface area contributed by atoms with E-state index in [-0.39, 0.29) is 18.9 Å². The molecule has 1 fully saturated rings. The number of carboxylic acids is 1. The van der Waals surface area contributed by atoms with Crippen molar-refractivity contribution in [2.75, 3.05) is 6.54 Å². The van der Waals surface area contributed by atoms with Crippen molar-refractivity contribution < 1.29 is 24.2 Å². The fraction of sp³-hybridized carbons (Fsp3) is 0.211. The van der Waals surface area contributed by atoms with E-state index < -0.39 is 24.1 Å². The molecule has 1 saturated heterocycles. The summed E-state index contributed by atoms with van der Waals surface area (Å²) < 4.78 is 5.40. The van der Waals surface area contributed by atoms with Crippen LogP contribution in [0.1, 0.15) is 27.1 Å². The van der Waals surface area contributed by atoms with E-state index >= 15 is 0 Å². The van der Waals surface area contributed by atoms with Gasteiger partial charge in [-0.25, -0.2) is 9.59 Å². The molecule has 6 nitrogen and oxygen atoms in total. The number of benzene rings is 2. The quantitative estimate of drug-likeness (QED) is 0.864. The Morgan fingerprint density at radius 2 is 1.48 bits per heavy atom. The van der Waals surface area contributed by atoms with Gasteiger partial charge in [0.25, 0.3) is 5.91 Å². The van der Waals surface area contributed by atoms with Crippen molar-refractivity contribution in [3.63, 3.8) is 0 Å². The molecule has 25 heavy (non-hydrogen) atoms. The zero-order valence-electron chi connectivity index (χ0n) is 13.4. The Labute approximate surface area is 144 Å². The van der Waals surface area contributed by atoms with E-state index in [2.05, 4.69) is 0 Å². The van der Waals surface area contributed by atoms with Crippen LogP contribution in [-0.2, 0) is 9.53 Å². The number of nitrogens with zero attached hydrogens (tertiary/aromatic N) is 1. The molecule has 0 aliphatic carbocycles. The summed E-state index contributed by atoms with van der Waals surface area (Å²) in [5.41, 5.74) is 0.797. The van der Waals surface area contributed by atoms with Crippen molar-refractivity contribution in [2.45, 2.75) is 18.6 Å². The molecule has 2 atom stereocenters. The Bertz CT molecular complexity index is 775. The van der Waals surface area contributed by atoms with Crippen LogP contribution in [0, 0.1) is 0 Å². The fourth-order valence-corrected chi connectivity index (χ4v) is 2.88. The number of hydrogen-bond acceptors (Lipinski definition) is 4. The number of esters is 1. The van der Waals surface area contributed by atoms with Gasteiger partial charge in [-0.1, -0.05) is 36.4 Å². The van der Waals surface area contributed by atoms with Crippen molar-refractivity contribution in [1.29, 1.82) is 0 Å². The van der Waals surface area contributed by atoms with Crippen LogP contribution in [0.4, 0.5) is 0 Å². The van der Waals surface area contributed by atoms with E-state index in [1.807, 2.05) is 0 Å². The van der Waals surface area contributed by atoms with Gasteiger partial charge in [0.2, 0.25) is 0 Å². The molecule has 1 heterocycles. The van der Waals surface area contributed by atoms with Gasteiger partial charge in [-0.3, -0.25) is 4.79 Å². The van der Waals surface area contributed by atoms with Crippen LogP contribution in [-0.4, -0.2) is 46.5 Å². The van der Waals surface area contributed by atoms with Gasteiger partial charge < -0.3 is 14.7 Å². The molecule has 0 bridgehead atoms. The molecule has 0 aromatic heterocycles. The molecule has 6 heteroatoms. The number of carbonyl (C=O) groups is 3. The summed E-state index contributed by atoms with van der Waals surface area (Å²) in [6, 6.07) is 15.9.